The van der Waals surface area contributed by atoms with Crippen LogP contribution >= 0.6 is 0 Å². The summed E-state index contributed by atoms with van der Waals surface area (Å²) in [6.45, 7) is 12.9. The molecule has 0 unspecified atom stereocenters. The summed E-state index contributed by atoms with van der Waals surface area (Å²) in [7, 11) is 4.42. The van der Waals surface area contributed by atoms with Crippen LogP contribution in [0.3, 0.4) is 0 Å². The Kier molecular flexibility index (Phi) is 6.86. The fourth-order valence-corrected chi connectivity index (χ4v) is 7.39. The maximum atomic E-state index is 5.77. The van der Waals surface area contributed by atoms with Gasteiger partial charge in [0.1, 0.15) is 13.2 Å². The molecule has 6 rings (SSSR count). The van der Waals surface area contributed by atoms with E-state index in [0.29, 0.717) is 0 Å². The average molecular weight is 535 g/mol. The van der Waals surface area contributed by atoms with Crippen LogP contribution in [-0.2, 0) is 15.6 Å². The normalized spacial score (nSPS) is 25.9. The number of allylic oxidation sites excluding steroid dienone is 8. The van der Waals surface area contributed by atoms with Crippen molar-refractivity contribution in [1.82, 2.24) is 0 Å². The van der Waals surface area contributed by atoms with Gasteiger partial charge in [0.25, 0.3) is 0 Å². The van der Waals surface area contributed by atoms with Crippen LogP contribution in [-0.4, -0.2) is 50.7 Å². The van der Waals surface area contributed by atoms with Gasteiger partial charge in [-0.05, 0) is 54.7 Å². The number of likely N-dealkylation sites (N-methyl/N-ethyl adjacent to an activating group) is 2. The van der Waals surface area contributed by atoms with Crippen molar-refractivity contribution in [3.8, 4) is 0 Å². The maximum absolute atomic E-state index is 5.77. The van der Waals surface area contributed by atoms with E-state index in [1.807, 2.05) is 0 Å². The predicted octanol–water partition coefficient (Wildman–Crippen LogP) is 7.13. The number of morpholine rings is 1. The monoisotopic (exact) mass is 534 g/mol. The summed E-state index contributed by atoms with van der Waals surface area (Å²) in [5.41, 5.74) is 12.4. The van der Waals surface area contributed by atoms with E-state index in [-0.39, 0.29) is 10.8 Å². The Morgan fingerprint density at radius 2 is 1.12 bits per heavy atom. The van der Waals surface area contributed by atoms with Gasteiger partial charge < -0.3 is 14.5 Å². The zero-order chi connectivity index (χ0) is 28.1. The molecular weight excluding hydrogens is 490 g/mol. The van der Waals surface area contributed by atoms with Crippen molar-refractivity contribution in [1.29, 1.82) is 0 Å². The molecule has 1 aliphatic carbocycles. The molecule has 0 amide bonds. The molecule has 1 saturated carbocycles. The van der Waals surface area contributed by atoms with E-state index in [4.69, 9.17) is 4.74 Å². The van der Waals surface area contributed by atoms with Gasteiger partial charge in [0.05, 0.1) is 0 Å². The van der Waals surface area contributed by atoms with Gasteiger partial charge in [0.15, 0.2) is 13.1 Å². The molecule has 0 N–H and O–H groups in total. The third-order valence-electron chi connectivity index (χ3n) is 9.59. The summed E-state index contributed by atoms with van der Waals surface area (Å²) < 4.78 is 8.34. The lowest BCUT2D eigenvalue weighted by Gasteiger charge is -2.25. The minimum Gasteiger partial charge on any atom is -0.368 e. The number of nitrogens with zero attached hydrogens (tertiary/aromatic N) is 3. The Bertz CT molecular complexity index is 1380. The van der Waals surface area contributed by atoms with E-state index in [2.05, 4.69) is 129 Å². The van der Waals surface area contributed by atoms with Crippen LogP contribution in [0.2, 0.25) is 0 Å². The summed E-state index contributed by atoms with van der Waals surface area (Å²) in [5, 5.41) is 0. The van der Waals surface area contributed by atoms with Gasteiger partial charge in [-0.2, -0.15) is 0 Å². The van der Waals surface area contributed by atoms with E-state index < -0.39 is 0 Å². The second-order valence-corrected chi connectivity index (χ2v) is 12.7. The molecule has 2 aromatic carbocycles. The lowest BCUT2D eigenvalue weighted by molar-refractivity contribution is -0.548. The van der Waals surface area contributed by atoms with Crippen molar-refractivity contribution in [3.63, 3.8) is 0 Å². The zero-order valence-corrected chi connectivity index (χ0v) is 25.1. The molecule has 0 atom stereocenters. The molecule has 3 aliphatic heterocycles. The molecule has 2 aromatic rings. The van der Waals surface area contributed by atoms with Gasteiger partial charge in [-0.1, -0.05) is 76.2 Å². The smallest absolute Gasteiger partial charge is 0.206 e. The Morgan fingerprint density at radius 3 is 1.57 bits per heavy atom. The minimum absolute atomic E-state index is 0.0209. The standard InChI is InChI=1S/C36H44N3O/c1-35(2)28-14-7-9-16-30(28)37(5)32(35)20-18-26-12-11-13-27(34(26)39-22-24-40-25-23-39)19-21-33-36(3,4)29-15-8-10-17-31(29)38(33)6/h7-10,14-21H,11-13,22-25H2,1-6H3/q+1. The van der Waals surface area contributed by atoms with Crippen molar-refractivity contribution in [2.24, 2.45) is 0 Å². The van der Waals surface area contributed by atoms with E-state index in [9.17, 15) is 0 Å². The van der Waals surface area contributed by atoms with Crippen molar-refractivity contribution in [2.75, 3.05) is 50.2 Å². The number of ether oxygens (including phenoxy) is 1. The number of rotatable bonds is 2. The second-order valence-electron chi connectivity index (χ2n) is 12.7. The first-order valence-electron chi connectivity index (χ1n) is 14.9. The first-order valence-corrected chi connectivity index (χ1v) is 14.9. The molecule has 3 heterocycles. The highest BCUT2D eigenvalue weighted by atomic mass is 16.5. The molecule has 40 heavy (non-hydrogen) atoms. The van der Waals surface area contributed by atoms with E-state index in [1.165, 1.54) is 57.2 Å². The number of benzene rings is 2. The van der Waals surface area contributed by atoms with Crippen molar-refractivity contribution in [2.45, 2.75) is 57.8 Å². The summed E-state index contributed by atoms with van der Waals surface area (Å²) in [5.74, 6) is 0. The zero-order valence-electron chi connectivity index (χ0n) is 25.1. The molecule has 4 heteroatoms. The van der Waals surface area contributed by atoms with Crippen molar-refractivity contribution in [3.05, 3.63) is 107 Å². The molecule has 4 nitrogen and oxygen atoms in total. The van der Waals surface area contributed by atoms with Gasteiger partial charge in [0.2, 0.25) is 5.71 Å². The van der Waals surface area contributed by atoms with Crippen molar-refractivity contribution < 1.29 is 9.31 Å². The number of hydrogen-bond donors (Lipinski definition) is 0. The Balaban J connectivity index is 1.40. The van der Waals surface area contributed by atoms with E-state index in [0.717, 1.165) is 39.1 Å². The highest BCUT2D eigenvalue weighted by Gasteiger charge is 2.39. The van der Waals surface area contributed by atoms with Crippen LogP contribution in [0.25, 0.3) is 0 Å². The molecular formula is C36H44N3O+. The number of hydrogen-bond acceptors (Lipinski definition) is 3. The van der Waals surface area contributed by atoms with Gasteiger partial charge in [-0.25, -0.2) is 4.58 Å². The molecule has 208 valence electrons. The van der Waals surface area contributed by atoms with Gasteiger partial charge >= 0.3 is 0 Å². The first-order chi connectivity index (χ1) is 19.2. The maximum Gasteiger partial charge on any atom is 0.206 e. The number of anilines is 2. The molecule has 1 saturated heterocycles. The highest BCUT2D eigenvalue weighted by Crippen LogP contribution is 2.48. The van der Waals surface area contributed by atoms with Gasteiger partial charge in [-0.3, -0.25) is 0 Å². The summed E-state index contributed by atoms with van der Waals surface area (Å²) in [4.78, 5) is 4.75. The van der Waals surface area contributed by atoms with E-state index in [1.54, 1.807) is 0 Å². The lowest BCUT2D eigenvalue weighted by Crippen LogP contribution is -2.36. The molecule has 0 spiro atoms. The fraction of sp³-hybridized carbons (Fsp3) is 0.417. The summed E-state index contributed by atoms with van der Waals surface area (Å²) in [6, 6.07) is 17.6. The Hall–Kier alpha value is -3.37. The minimum atomic E-state index is -0.0209. The quantitative estimate of drug-likeness (QED) is 0.382. The van der Waals surface area contributed by atoms with Crippen LogP contribution < -0.4 is 9.80 Å². The van der Waals surface area contributed by atoms with Crippen LogP contribution in [0, 0.1) is 0 Å². The average Bonchev–Trinajstić information content (AvgIpc) is 3.28. The molecule has 2 fully saturated rings. The van der Waals surface area contributed by atoms with E-state index >= 15 is 0 Å². The second kappa shape index (κ2) is 10.2. The SMILES string of the molecule is CN1/C(=C\C=C2\CCC/C(=C\C=C3\N(C)c4ccccc4C3(C)C)C2=[N+]2CCOCC2)C(C)(C)c2ccccc21. The largest absolute Gasteiger partial charge is 0.368 e. The topological polar surface area (TPSA) is 18.7 Å². The van der Waals surface area contributed by atoms with Crippen LogP contribution in [0.5, 0.6) is 0 Å². The third kappa shape index (κ3) is 4.37. The summed E-state index contributed by atoms with van der Waals surface area (Å²) in [6.07, 6.45) is 13.0. The first kappa shape index (κ1) is 26.8. The lowest BCUT2D eigenvalue weighted by atomic mass is 9.82. The Labute approximate surface area is 240 Å². The molecule has 0 radical (unpaired) electrons. The molecule has 0 bridgehead atoms. The molecule has 4 aliphatic rings. The fourth-order valence-electron chi connectivity index (χ4n) is 7.39. The summed E-state index contributed by atoms with van der Waals surface area (Å²) >= 11 is 0. The molecule has 0 aromatic heterocycles. The van der Waals surface area contributed by atoms with Crippen molar-refractivity contribution >= 4 is 17.1 Å². The van der Waals surface area contributed by atoms with Crippen LogP contribution in [0.4, 0.5) is 11.4 Å². The number of para-hydroxylation sites is 2. The van der Waals surface area contributed by atoms with Gasteiger partial charge in [0, 0.05) is 58.8 Å². The Morgan fingerprint density at radius 1 is 0.675 bits per heavy atom. The highest BCUT2D eigenvalue weighted by molar-refractivity contribution is 6.10. The predicted molar refractivity (Wildman–Crippen MR) is 168 cm³/mol. The van der Waals surface area contributed by atoms with Crippen LogP contribution in [0.15, 0.2) is 95.4 Å². The van der Waals surface area contributed by atoms with Crippen LogP contribution in [0.1, 0.15) is 58.1 Å². The third-order valence-corrected chi connectivity index (χ3v) is 9.59. The number of fused-ring (bicyclic) bond motifs is 2. The van der Waals surface area contributed by atoms with Gasteiger partial charge in [-0.15, -0.1) is 0 Å².